The van der Waals surface area contributed by atoms with Gasteiger partial charge < -0.3 is 15.3 Å². The van der Waals surface area contributed by atoms with Gasteiger partial charge in [0.25, 0.3) is 0 Å². The van der Waals surface area contributed by atoms with E-state index in [-0.39, 0.29) is 18.2 Å². The third kappa shape index (κ3) is 4.57. The van der Waals surface area contributed by atoms with Crippen molar-refractivity contribution < 1.29 is 19.5 Å². The zero-order chi connectivity index (χ0) is 20.1. The molecule has 6 nitrogen and oxygen atoms in total. The van der Waals surface area contributed by atoms with Crippen LogP contribution in [0.15, 0.2) is 60.7 Å². The molecule has 146 valence electrons. The van der Waals surface area contributed by atoms with E-state index in [1.165, 1.54) is 0 Å². The maximum absolute atomic E-state index is 12.8. The molecule has 2 aromatic rings. The van der Waals surface area contributed by atoms with Crippen LogP contribution in [0.1, 0.15) is 30.5 Å². The molecule has 1 aliphatic heterocycles. The molecule has 3 rings (SSSR count). The highest BCUT2D eigenvalue weighted by Crippen LogP contribution is 2.25. The van der Waals surface area contributed by atoms with Crippen LogP contribution in [0.4, 0.5) is 0 Å². The zero-order valence-corrected chi connectivity index (χ0v) is 15.7. The number of carboxylic acids is 1. The van der Waals surface area contributed by atoms with Gasteiger partial charge in [-0.25, -0.2) is 0 Å². The lowest BCUT2D eigenvalue weighted by Crippen LogP contribution is -2.39. The summed E-state index contributed by atoms with van der Waals surface area (Å²) in [5.74, 6) is -2.60. The van der Waals surface area contributed by atoms with Crippen molar-refractivity contribution in [3.05, 3.63) is 71.8 Å². The first kappa shape index (κ1) is 19.6. The van der Waals surface area contributed by atoms with E-state index in [0.717, 1.165) is 11.1 Å². The van der Waals surface area contributed by atoms with E-state index in [2.05, 4.69) is 5.32 Å². The van der Waals surface area contributed by atoms with Crippen LogP contribution in [0.3, 0.4) is 0 Å². The third-order valence-corrected chi connectivity index (χ3v) is 5.15. The van der Waals surface area contributed by atoms with E-state index in [9.17, 15) is 19.5 Å². The van der Waals surface area contributed by atoms with Crippen molar-refractivity contribution in [2.24, 2.45) is 11.8 Å². The molecule has 3 atom stereocenters. The summed E-state index contributed by atoms with van der Waals surface area (Å²) in [6.45, 7) is 2.38. The Morgan fingerprint density at radius 2 is 1.71 bits per heavy atom. The zero-order valence-electron chi connectivity index (χ0n) is 15.7. The lowest BCUT2D eigenvalue weighted by molar-refractivity contribution is -0.142. The number of benzene rings is 2. The van der Waals surface area contributed by atoms with Crippen LogP contribution in [0.2, 0.25) is 0 Å². The molecule has 2 aromatic carbocycles. The highest BCUT2D eigenvalue weighted by atomic mass is 16.4. The first-order chi connectivity index (χ1) is 13.5. The summed E-state index contributed by atoms with van der Waals surface area (Å²) >= 11 is 0. The predicted octanol–water partition coefficient (Wildman–Crippen LogP) is 2.61. The Balaban J connectivity index is 1.68. The topological polar surface area (TPSA) is 86.7 Å². The number of nitrogens with zero attached hydrogens (tertiary/aromatic N) is 1. The van der Waals surface area contributed by atoms with E-state index in [0.29, 0.717) is 13.1 Å². The second-order valence-electron chi connectivity index (χ2n) is 7.18. The minimum Gasteiger partial charge on any atom is -0.481 e. The molecular formula is C22H24N2O4. The van der Waals surface area contributed by atoms with Crippen molar-refractivity contribution >= 4 is 17.8 Å². The highest BCUT2D eigenvalue weighted by molar-refractivity contribution is 5.89. The summed E-state index contributed by atoms with van der Waals surface area (Å²) in [5, 5.41) is 12.3. The number of hydrogen-bond donors (Lipinski definition) is 2. The molecule has 0 spiro atoms. The maximum Gasteiger partial charge on any atom is 0.308 e. The normalized spacial score (nSPS) is 18.5. The van der Waals surface area contributed by atoms with Crippen LogP contribution in [0.5, 0.6) is 0 Å². The van der Waals surface area contributed by atoms with Gasteiger partial charge in [-0.1, -0.05) is 60.7 Å². The smallest absolute Gasteiger partial charge is 0.308 e. The van der Waals surface area contributed by atoms with Crippen molar-refractivity contribution in [1.29, 1.82) is 0 Å². The van der Waals surface area contributed by atoms with Gasteiger partial charge in [-0.15, -0.1) is 0 Å². The van der Waals surface area contributed by atoms with Gasteiger partial charge in [0.1, 0.15) is 0 Å². The van der Waals surface area contributed by atoms with Crippen molar-refractivity contribution in [1.82, 2.24) is 10.2 Å². The van der Waals surface area contributed by atoms with Crippen molar-refractivity contribution in [3.8, 4) is 0 Å². The second-order valence-corrected chi connectivity index (χ2v) is 7.18. The molecule has 0 aromatic heterocycles. The molecule has 0 bridgehead atoms. The average molecular weight is 380 g/mol. The summed E-state index contributed by atoms with van der Waals surface area (Å²) in [6, 6.07) is 18.0. The SMILES string of the molecule is CC(C(=O)O)C(NC(=O)C1CC(=O)N(Cc2ccccc2)C1)c1ccccc1. The fraction of sp³-hybridized carbons (Fsp3) is 0.318. The summed E-state index contributed by atoms with van der Waals surface area (Å²) in [5.41, 5.74) is 1.75. The number of carboxylic acid groups (broad SMARTS) is 1. The van der Waals surface area contributed by atoms with Gasteiger partial charge in [-0.2, -0.15) is 0 Å². The van der Waals surface area contributed by atoms with Crippen LogP contribution in [-0.2, 0) is 20.9 Å². The Labute approximate surface area is 164 Å². The number of carbonyl (C=O) groups is 3. The van der Waals surface area contributed by atoms with E-state index >= 15 is 0 Å². The molecule has 1 aliphatic rings. The minimum atomic E-state index is -0.984. The highest BCUT2D eigenvalue weighted by Gasteiger charge is 2.36. The summed E-state index contributed by atoms with van der Waals surface area (Å²) in [7, 11) is 0. The standard InChI is InChI=1S/C22H24N2O4/c1-15(22(27)28)20(17-10-6-3-7-11-17)23-21(26)18-12-19(25)24(14-18)13-16-8-4-2-5-9-16/h2-11,15,18,20H,12-14H2,1H3,(H,23,26)(H,27,28). The minimum absolute atomic E-state index is 0.0634. The van der Waals surface area contributed by atoms with Crippen LogP contribution in [0.25, 0.3) is 0 Å². The van der Waals surface area contributed by atoms with Crippen molar-refractivity contribution in [3.63, 3.8) is 0 Å². The van der Waals surface area contributed by atoms with E-state index < -0.39 is 23.8 Å². The van der Waals surface area contributed by atoms with Crippen LogP contribution in [-0.4, -0.2) is 34.3 Å². The number of aliphatic carboxylic acids is 1. The molecule has 1 saturated heterocycles. The van der Waals surface area contributed by atoms with Crippen molar-refractivity contribution in [2.45, 2.75) is 25.9 Å². The monoisotopic (exact) mass is 380 g/mol. The fourth-order valence-electron chi connectivity index (χ4n) is 3.48. The van der Waals surface area contributed by atoms with E-state index in [1.54, 1.807) is 24.0 Å². The Hall–Kier alpha value is -3.15. The van der Waals surface area contributed by atoms with Crippen LogP contribution >= 0.6 is 0 Å². The Bertz CT molecular complexity index is 838. The van der Waals surface area contributed by atoms with Gasteiger partial charge in [0.15, 0.2) is 0 Å². The molecule has 6 heteroatoms. The number of nitrogens with one attached hydrogen (secondary N) is 1. The predicted molar refractivity (Wildman–Crippen MR) is 104 cm³/mol. The Kier molecular flexibility index (Phi) is 6.09. The van der Waals surface area contributed by atoms with Crippen LogP contribution in [0, 0.1) is 11.8 Å². The second kappa shape index (κ2) is 8.69. The third-order valence-electron chi connectivity index (χ3n) is 5.15. The average Bonchev–Trinajstić information content (AvgIpc) is 3.07. The molecule has 0 saturated carbocycles. The van der Waals surface area contributed by atoms with Gasteiger partial charge in [0, 0.05) is 19.5 Å². The first-order valence-corrected chi connectivity index (χ1v) is 9.35. The fourth-order valence-corrected chi connectivity index (χ4v) is 3.48. The summed E-state index contributed by atoms with van der Waals surface area (Å²) in [4.78, 5) is 38.3. The quantitative estimate of drug-likeness (QED) is 0.773. The number of amides is 2. The Morgan fingerprint density at radius 1 is 1.11 bits per heavy atom. The lowest BCUT2D eigenvalue weighted by Gasteiger charge is -2.24. The molecule has 3 unspecified atom stereocenters. The number of likely N-dealkylation sites (tertiary alicyclic amines) is 1. The van der Waals surface area contributed by atoms with Gasteiger partial charge in [-0.05, 0) is 18.1 Å². The number of hydrogen-bond acceptors (Lipinski definition) is 3. The van der Waals surface area contributed by atoms with Crippen molar-refractivity contribution in [2.75, 3.05) is 6.54 Å². The number of carbonyl (C=O) groups excluding carboxylic acids is 2. The molecule has 2 amide bonds. The molecule has 1 heterocycles. The lowest BCUT2D eigenvalue weighted by atomic mass is 9.93. The van der Waals surface area contributed by atoms with Gasteiger partial charge in [-0.3, -0.25) is 14.4 Å². The van der Waals surface area contributed by atoms with E-state index in [4.69, 9.17) is 0 Å². The van der Waals surface area contributed by atoms with Gasteiger partial charge >= 0.3 is 5.97 Å². The molecular weight excluding hydrogens is 356 g/mol. The largest absolute Gasteiger partial charge is 0.481 e. The Morgan fingerprint density at radius 3 is 2.32 bits per heavy atom. The number of rotatable bonds is 7. The first-order valence-electron chi connectivity index (χ1n) is 9.35. The van der Waals surface area contributed by atoms with Crippen LogP contribution < -0.4 is 5.32 Å². The van der Waals surface area contributed by atoms with E-state index in [1.807, 2.05) is 48.5 Å². The molecule has 1 fully saturated rings. The molecule has 2 N–H and O–H groups in total. The molecule has 28 heavy (non-hydrogen) atoms. The summed E-state index contributed by atoms with van der Waals surface area (Å²) < 4.78 is 0. The van der Waals surface area contributed by atoms with Gasteiger partial charge in [0.05, 0.1) is 17.9 Å². The summed E-state index contributed by atoms with van der Waals surface area (Å²) in [6.07, 6.45) is 0.141. The van der Waals surface area contributed by atoms with Gasteiger partial charge in [0.2, 0.25) is 11.8 Å². The molecule has 0 radical (unpaired) electrons. The molecule has 0 aliphatic carbocycles. The maximum atomic E-state index is 12.8.